The third-order valence-electron chi connectivity index (χ3n) is 2.49. The molecule has 2 aromatic rings. The van der Waals surface area contributed by atoms with E-state index < -0.39 is 0 Å². The third kappa shape index (κ3) is 3.96. The van der Waals surface area contributed by atoms with Gasteiger partial charge in [0.25, 0.3) is 0 Å². The summed E-state index contributed by atoms with van der Waals surface area (Å²) in [5, 5.41) is 0. The Kier molecular flexibility index (Phi) is 4.22. The summed E-state index contributed by atoms with van der Waals surface area (Å²) >= 11 is 0. The molecule has 0 saturated carbocycles. The van der Waals surface area contributed by atoms with Crippen LogP contribution < -0.4 is 4.74 Å². The molecule has 1 aromatic heterocycles. The highest BCUT2D eigenvalue weighted by Crippen LogP contribution is 2.08. The van der Waals surface area contributed by atoms with Crippen molar-refractivity contribution in [2.45, 2.75) is 6.54 Å². The molecule has 90 valence electrons. The van der Waals surface area contributed by atoms with Gasteiger partial charge in [-0.05, 0) is 31.3 Å². The number of hydrogen-bond acceptors (Lipinski definition) is 3. The maximum Gasteiger partial charge on any atom is 0.119 e. The highest BCUT2D eigenvalue weighted by atomic mass is 16.5. The minimum absolute atomic E-state index is 0.682. The van der Waals surface area contributed by atoms with Crippen LogP contribution in [-0.4, -0.2) is 25.1 Å². The van der Waals surface area contributed by atoms with Crippen molar-refractivity contribution in [1.29, 1.82) is 0 Å². The number of likely N-dealkylation sites (N-methyl/N-ethyl adjacent to an activating group) is 1. The molecule has 0 aliphatic rings. The molecule has 17 heavy (non-hydrogen) atoms. The van der Waals surface area contributed by atoms with Crippen molar-refractivity contribution in [2.24, 2.45) is 0 Å². The van der Waals surface area contributed by atoms with Crippen LogP contribution in [0.4, 0.5) is 0 Å². The van der Waals surface area contributed by atoms with Gasteiger partial charge in [-0.1, -0.05) is 18.2 Å². The van der Waals surface area contributed by atoms with Crippen LogP contribution in [0.1, 0.15) is 5.76 Å². The molecule has 0 unspecified atom stereocenters. The predicted octanol–water partition coefficient (Wildman–Crippen LogP) is 2.79. The molecule has 2 rings (SSSR count). The Morgan fingerprint density at radius 1 is 1.12 bits per heavy atom. The molecule has 0 radical (unpaired) electrons. The van der Waals surface area contributed by atoms with Crippen molar-refractivity contribution in [3.05, 3.63) is 54.5 Å². The molecule has 3 heteroatoms. The molecule has 1 heterocycles. The van der Waals surface area contributed by atoms with Crippen LogP contribution in [0, 0.1) is 0 Å². The van der Waals surface area contributed by atoms with Gasteiger partial charge in [0.1, 0.15) is 18.1 Å². The van der Waals surface area contributed by atoms with E-state index in [2.05, 4.69) is 11.9 Å². The minimum Gasteiger partial charge on any atom is -0.492 e. The van der Waals surface area contributed by atoms with Crippen molar-refractivity contribution in [3.8, 4) is 5.75 Å². The van der Waals surface area contributed by atoms with E-state index >= 15 is 0 Å². The zero-order chi connectivity index (χ0) is 11.9. The molecule has 0 atom stereocenters. The fourth-order valence-electron chi connectivity index (χ4n) is 1.58. The van der Waals surface area contributed by atoms with Crippen LogP contribution in [0.2, 0.25) is 0 Å². The zero-order valence-electron chi connectivity index (χ0n) is 10.0. The second-order valence-electron chi connectivity index (χ2n) is 3.98. The second-order valence-corrected chi connectivity index (χ2v) is 3.98. The summed E-state index contributed by atoms with van der Waals surface area (Å²) in [5.74, 6) is 1.89. The number of benzene rings is 1. The fourth-order valence-corrected chi connectivity index (χ4v) is 1.58. The van der Waals surface area contributed by atoms with Gasteiger partial charge in [0, 0.05) is 6.54 Å². The Morgan fingerprint density at radius 2 is 1.94 bits per heavy atom. The quantitative estimate of drug-likeness (QED) is 0.764. The minimum atomic E-state index is 0.682. The van der Waals surface area contributed by atoms with Gasteiger partial charge in [0.15, 0.2) is 0 Å². The van der Waals surface area contributed by atoms with Crippen molar-refractivity contribution < 1.29 is 9.15 Å². The number of para-hydroxylation sites is 1. The maximum atomic E-state index is 5.62. The lowest BCUT2D eigenvalue weighted by molar-refractivity contribution is 0.222. The standard InChI is InChI=1S/C14H17NO2/c1-15(12-14-8-5-10-16-14)9-11-17-13-6-3-2-4-7-13/h2-8,10H,9,11-12H2,1H3. The molecule has 0 fully saturated rings. The lowest BCUT2D eigenvalue weighted by Gasteiger charge is -2.15. The molecule has 0 bridgehead atoms. The van der Waals surface area contributed by atoms with Gasteiger partial charge in [-0.2, -0.15) is 0 Å². The number of nitrogens with zero attached hydrogens (tertiary/aromatic N) is 1. The number of hydrogen-bond donors (Lipinski definition) is 0. The van der Waals surface area contributed by atoms with Gasteiger partial charge in [0.05, 0.1) is 12.8 Å². The molecule has 0 aliphatic carbocycles. The average molecular weight is 231 g/mol. The Morgan fingerprint density at radius 3 is 2.65 bits per heavy atom. The molecule has 0 aliphatic heterocycles. The first-order chi connectivity index (χ1) is 8.34. The molecule has 0 spiro atoms. The number of rotatable bonds is 6. The Hall–Kier alpha value is -1.74. The van der Waals surface area contributed by atoms with Crippen LogP contribution in [0.5, 0.6) is 5.75 Å². The van der Waals surface area contributed by atoms with Crippen molar-refractivity contribution >= 4 is 0 Å². The second kappa shape index (κ2) is 6.11. The predicted molar refractivity (Wildman–Crippen MR) is 67.0 cm³/mol. The molecule has 1 aromatic carbocycles. The van der Waals surface area contributed by atoms with Crippen LogP contribution >= 0.6 is 0 Å². The van der Waals surface area contributed by atoms with Gasteiger partial charge in [-0.3, -0.25) is 4.90 Å². The van der Waals surface area contributed by atoms with E-state index in [-0.39, 0.29) is 0 Å². The highest BCUT2D eigenvalue weighted by molar-refractivity contribution is 5.20. The van der Waals surface area contributed by atoms with E-state index in [1.165, 1.54) is 0 Å². The summed E-state index contributed by atoms with van der Waals surface area (Å²) in [7, 11) is 2.05. The van der Waals surface area contributed by atoms with Gasteiger partial charge in [-0.15, -0.1) is 0 Å². The first-order valence-electron chi connectivity index (χ1n) is 5.73. The van der Waals surface area contributed by atoms with Gasteiger partial charge in [-0.25, -0.2) is 0 Å². The Labute approximate surface area is 102 Å². The van der Waals surface area contributed by atoms with Crippen molar-refractivity contribution in [3.63, 3.8) is 0 Å². The number of furan rings is 1. The highest BCUT2D eigenvalue weighted by Gasteiger charge is 2.02. The van der Waals surface area contributed by atoms with E-state index in [0.29, 0.717) is 6.61 Å². The lowest BCUT2D eigenvalue weighted by atomic mass is 10.3. The molecule has 0 amide bonds. The fraction of sp³-hybridized carbons (Fsp3) is 0.286. The van der Waals surface area contributed by atoms with Crippen molar-refractivity contribution in [1.82, 2.24) is 4.90 Å². The van der Waals surface area contributed by atoms with E-state index in [9.17, 15) is 0 Å². The molecule has 3 nitrogen and oxygen atoms in total. The van der Waals surface area contributed by atoms with E-state index in [0.717, 1.165) is 24.6 Å². The van der Waals surface area contributed by atoms with Gasteiger partial charge < -0.3 is 9.15 Å². The van der Waals surface area contributed by atoms with Crippen LogP contribution in [0.25, 0.3) is 0 Å². The average Bonchev–Trinajstić information content (AvgIpc) is 2.83. The Bertz CT molecular complexity index is 411. The lowest BCUT2D eigenvalue weighted by Crippen LogP contribution is -2.23. The van der Waals surface area contributed by atoms with Gasteiger partial charge in [0.2, 0.25) is 0 Å². The van der Waals surface area contributed by atoms with E-state index in [1.54, 1.807) is 6.26 Å². The summed E-state index contributed by atoms with van der Waals surface area (Å²) < 4.78 is 10.9. The first kappa shape index (κ1) is 11.7. The monoisotopic (exact) mass is 231 g/mol. The largest absolute Gasteiger partial charge is 0.492 e. The summed E-state index contributed by atoms with van der Waals surface area (Å²) in [4.78, 5) is 2.17. The summed E-state index contributed by atoms with van der Waals surface area (Å²) in [6.45, 7) is 2.36. The SMILES string of the molecule is CN(CCOc1ccccc1)Cc1ccco1. The van der Waals surface area contributed by atoms with Crippen LogP contribution in [0.15, 0.2) is 53.1 Å². The van der Waals surface area contributed by atoms with Crippen LogP contribution in [0.3, 0.4) is 0 Å². The smallest absolute Gasteiger partial charge is 0.119 e. The van der Waals surface area contributed by atoms with Crippen LogP contribution in [-0.2, 0) is 6.54 Å². The van der Waals surface area contributed by atoms with Crippen molar-refractivity contribution in [2.75, 3.05) is 20.2 Å². The third-order valence-corrected chi connectivity index (χ3v) is 2.49. The molecule has 0 N–H and O–H groups in total. The molecular weight excluding hydrogens is 214 g/mol. The summed E-state index contributed by atoms with van der Waals surface area (Å²) in [6.07, 6.45) is 1.70. The maximum absolute atomic E-state index is 5.62. The van der Waals surface area contributed by atoms with Gasteiger partial charge >= 0.3 is 0 Å². The van der Waals surface area contributed by atoms with E-state index in [1.807, 2.05) is 42.5 Å². The number of ether oxygens (including phenoxy) is 1. The zero-order valence-corrected chi connectivity index (χ0v) is 10.0. The molecule has 0 saturated heterocycles. The molecular formula is C14H17NO2. The summed E-state index contributed by atoms with van der Waals surface area (Å²) in [5.41, 5.74) is 0. The topological polar surface area (TPSA) is 25.6 Å². The van der Waals surface area contributed by atoms with E-state index in [4.69, 9.17) is 9.15 Å². The summed E-state index contributed by atoms with van der Waals surface area (Å²) in [6, 6.07) is 13.7. The normalized spacial score (nSPS) is 10.7. The first-order valence-corrected chi connectivity index (χ1v) is 5.73. The Balaban J connectivity index is 1.68.